The Bertz CT molecular complexity index is 497. The summed E-state index contributed by atoms with van der Waals surface area (Å²) in [6.45, 7) is 4.75. The van der Waals surface area contributed by atoms with Gasteiger partial charge in [0.1, 0.15) is 5.75 Å². The maximum absolute atomic E-state index is 5.87. The second kappa shape index (κ2) is 5.58. The largest absolute Gasteiger partial charge is 0.493 e. The van der Waals surface area contributed by atoms with Gasteiger partial charge in [-0.25, -0.2) is 0 Å². The summed E-state index contributed by atoms with van der Waals surface area (Å²) in [4.78, 5) is 0. The van der Waals surface area contributed by atoms with Crippen molar-refractivity contribution in [2.45, 2.75) is 20.3 Å². The van der Waals surface area contributed by atoms with Gasteiger partial charge >= 0.3 is 0 Å². The van der Waals surface area contributed by atoms with Crippen LogP contribution in [0.25, 0.3) is 0 Å². The van der Waals surface area contributed by atoms with Crippen molar-refractivity contribution in [1.29, 1.82) is 0 Å². The van der Waals surface area contributed by atoms with E-state index in [0.29, 0.717) is 6.61 Å². The van der Waals surface area contributed by atoms with Crippen LogP contribution in [0.15, 0.2) is 42.5 Å². The fraction of sp³-hybridized carbons (Fsp3) is 0.250. The van der Waals surface area contributed by atoms with Crippen molar-refractivity contribution in [3.05, 3.63) is 59.2 Å². The van der Waals surface area contributed by atoms with Crippen LogP contribution in [0.3, 0.4) is 0 Å². The highest BCUT2D eigenvalue weighted by Gasteiger charge is 2.05. The van der Waals surface area contributed by atoms with E-state index in [9.17, 15) is 0 Å². The van der Waals surface area contributed by atoms with Crippen LogP contribution < -0.4 is 10.5 Å². The number of benzene rings is 2. The lowest BCUT2D eigenvalue weighted by molar-refractivity contribution is 0.317. The Morgan fingerprint density at radius 1 is 1.00 bits per heavy atom. The van der Waals surface area contributed by atoms with Gasteiger partial charge in [0, 0.05) is 12.1 Å². The van der Waals surface area contributed by atoms with E-state index in [1.807, 2.05) is 32.0 Å². The molecule has 18 heavy (non-hydrogen) atoms. The van der Waals surface area contributed by atoms with Gasteiger partial charge in [-0.3, -0.25) is 0 Å². The van der Waals surface area contributed by atoms with Crippen LogP contribution in [0.1, 0.15) is 16.7 Å². The maximum Gasteiger partial charge on any atom is 0.125 e. The molecule has 0 aliphatic carbocycles. The molecule has 2 N–H and O–H groups in total. The maximum atomic E-state index is 5.87. The van der Waals surface area contributed by atoms with E-state index >= 15 is 0 Å². The monoisotopic (exact) mass is 241 g/mol. The Balaban J connectivity index is 1.99. The molecule has 0 bridgehead atoms. The lowest BCUT2D eigenvalue weighted by Gasteiger charge is -2.13. The van der Waals surface area contributed by atoms with Crippen molar-refractivity contribution in [3.8, 4) is 5.75 Å². The lowest BCUT2D eigenvalue weighted by Crippen LogP contribution is -2.04. The Labute approximate surface area is 108 Å². The Morgan fingerprint density at radius 2 is 1.61 bits per heavy atom. The summed E-state index contributed by atoms with van der Waals surface area (Å²) in [7, 11) is 0. The third kappa shape index (κ3) is 3.04. The smallest absolute Gasteiger partial charge is 0.125 e. The van der Waals surface area contributed by atoms with Crippen molar-refractivity contribution in [2.24, 2.45) is 0 Å². The summed E-state index contributed by atoms with van der Waals surface area (Å²) in [5, 5.41) is 0. The number of hydrogen-bond acceptors (Lipinski definition) is 2. The zero-order chi connectivity index (χ0) is 13.0. The lowest BCUT2D eigenvalue weighted by atomic mass is 10.1. The molecule has 0 unspecified atom stereocenters. The van der Waals surface area contributed by atoms with E-state index in [4.69, 9.17) is 10.5 Å². The quantitative estimate of drug-likeness (QED) is 0.831. The van der Waals surface area contributed by atoms with Crippen LogP contribution in [0, 0.1) is 13.8 Å². The van der Waals surface area contributed by atoms with Crippen LogP contribution in [-0.2, 0) is 6.42 Å². The van der Waals surface area contributed by atoms with Gasteiger partial charge in [0.15, 0.2) is 0 Å². The van der Waals surface area contributed by atoms with E-state index in [0.717, 1.165) is 29.0 Å². The predicted molar refractivity (Wildman–Crippen MR) is 76.0 cm³/mol. The molecule has 2 nitrogen and oxygen atoms in total. The highest BCUT2D eigenvalue weighted by Crippen LogP contribution is 2.25. The summed E-state index contributed by atoms with van der Waals surface area (Å²) in [6, 6.07) is 14.3. The molecule has 0 aromatic heterocycles. The Kier molecular flexibility index (Phi) is 3.88. The molecule has 0 amide bonds. The minimum absolute atomic E-state index is 0.690. The standard InChI is InChI=1S/C16H19NO/c1-12-10-15(17)11-13(2)16(12)18-9-8-14-6-4-3-5-7-14/h3-7,10-11H,8-9,17H2,1-2H3. The first kappa shape index (κ1) is 12.5. The van der Waals surface area contributed by atoms with Crippen LogP contribution in [-0.4, -0.2) is 6.61 Å². The molecule has 2 heteroatoms. The first-order valence-corrected chi connectivity index (χ1v) is 6.20. The third-order valence-corrected chi connectivity index (χ3v) is 2.96. The van der Waals surface area contributed by atoms with E-state index in [-0.39, 0.29) is 0 Å². The summed E-state index contributed by atoms with van der Waals surface area (Å²) < 4.78 is 5.87. The Hall–Kier alpha value is -1.96. The molecule has 0 radical (unpaired) electrons. The molecule has 2 aromatic rings. The summed E-state index contributed by atoms with van der Waals surface area (Å²) in [5.74, 6) is 0.958. The fourth-order valence-electron chi connectivity index (χ4n) is 2.13. The van der Waals surface area contributed by atoms with Crippen LogP contribution in [0.5, 0.6) is 5.75 Å². The SMILES string of the molecule is Cc1cc(N)cc(C)c1OCCc1ccccc1. The van der Waals surface area contributed by atoms with Gasteiger partial charge in [-0.05, 0) is 42.7 Å². The summed E-state index contributed by atoms with van der Waals surface area (Å²) in [6.07, 6.45) is 0.921. The first-order chi connectivity index (χ1) is 8.66. The molecule has 0 aliphatic rings. The normalized spacial score (nSPS) is 10.3. The van der Waals surface area contributed by atoms with E-state index in [1.165, 1.54) is 5.56 Å². The predicted octanol–water partition coefficient (Wildman–Crippen LogP) is 3.51. The van der Waals surface area contributed by atoms with Crippen molar-refractivity contribution in [2.75, 3.05) is 12.3 Å². The minimum Gasteiger partial charge on any atom is -0.493 e. The average molecular weight is 241 g/mol. The van der Waals surface area contributed by atoms with Gasteiger partial charge in [0.25, 0.3) is 0 Å². The van der Waals surface area contributed by atoms with Crippen molar-refractivity contribution >= 4 is 5.69 Å². The molecule has 0 saturated carbocycles. The molecule has 0 spiro atoms. The highest BCUT2D eigenvalue weighted by atomic mass is 16.5. The number of hydrogen-bond donors (Lipinski definition) is 1. The van der Waals surface area contributed by atoms with Crippen molar-refractivity contribution in [3.63, 3.8) is 0 Å². The number of anilines is 1. The summed E-state index contributed by atoms with van der Waals surface area (Å²) in [5.41, 5.74) is 10.1. The van der Waals surface area contributed by atoms with Gasteiger partial charge in [0.2, 0.25) is 0 Å². The number of nitrogen functional groups attached to an aromatic ring is 1. The molecule has 94 valence electrons. The summed E-state index contributed by atoms with van der Waals surface area (Å²) >= 11 is 0. The number of nitrogens with two attached hydrogens (primary N) is 1. The topological polar surface area (TPSA) is 35.2 Å². The molecule has 0 atom stereocenters. The molecular formula is C16H19NO. The molecule has 0 heterocycles. The third-order valence-electron chi connectivity index (χ3n) is 2.96. The zero-order valence-electron chi connectivity index (χ0n) is 10.9. The van der Waals surface area contributed by atoms with E-state index < -0.39 is 0 Å². The molecule has 0 saturated heterocycles. The molecule has 0 aliphatic heterocycles. The first-order valence-electron chi connectivity index (χ1n) is 6.20. The van der Waals surface area contributed by atoms with Crippen LogP contribution in [0.4, 0.5) is 5.69 Å². The van der Waals surface area contributed by atoms with Crippen LogP contribution in [0.2, 0.25) is 0 Å². The van der Waals surface area contributed by atoms with E-state index in [1.54, 1.807) is 0 Å². The van der Waals surface area contributed by atoms with Crippen LogP contribution >= 0.6 is 0 Å². The van der Waals surface area contributed by atoms with Gasteiger partial charge in [0.05, 0.1) is 6.61 Å². The van der Waals surface area contributed by atoms with E-state index in [2.05, 4.69) is 24.3 Å². The Morgan fingerprint density at radius 3 is 2.22 bits per heavy atom. The van der Waals surface area contributed by atoms with Crippen molar-refractivity contribution < 1.29 is 4.74 Å². The minimum atomic E-state index is 0.690. The number of aryl methyl sites for hydroxylation is 2. The van der Waals surface area contributed by atoms with Crippen molar-refractivity contribution in [1.82, 2.24) is 0 Å². The second-order valence-electron chi connectivity index (χ2n) is 4.57. The number of rotatable bonds is 4. The van der Waals surface area contributed by atoms with Gasteiger partial charge in [-0.15, -0.1) is 0 Å². The van der Waals surface area contributed by atoms with Gasteiger partial charge in [-0.2, -0.15) is 0 Å². The van der Waals surface area contributed by atoms with Gasteiger partial charge < -0.3 is 10.5 Å². The second-order valence-corrected chi connectivity index (χ2v) is 4.57. The van der Waals surface area contributed by atoms with Gasteiger partial charge in [-0.1, -0.05) is 30.3 Å². The number of ether oxygens (including phenoxy) is 1. The molecule has 2 aromatic carbocycles. The zero-order valence-corrected chi connectivity index (χ0v) is 10.9. The molecule has 2 rings (SSSR count). The fourth-order valence-corrected chi connectivity index (χ4v) is 2.13. The molecular weight excluding hydrogens is 222 g/mol. The highest BCUT2D eigenvalue weighted by molar-refractivity contribution is 5.52. The molecule has 0 fully saturated rings. The average Bonchev–Trinajstić information content (AvgIpc) is 2.34.